The molecule has 0 aromatic heterocycles. The maximum absolute atomic E-state index is 5.53. The standard InChI is InChI=1S/C10H19OSi/c1-3-10(4-2,11-12)9-7-5-6-8-9/h9H,3-8H2,1-2H3. The van der Waals surface area contributed by atoms with Crippen LogP contribution in [-0.2, 0) is 4.43 Å². The molecule has 0 heterocycles. The van der Waals surface area contributed by atoms with Gasteiger partial charge in [0.1, 0.15) is 0 Å². The van der Waals surface area contributed by atoms with Crippen LogP contribution >= 0.6 is 0 Å². The smallest absolute Gasteiger partial charge is 0.247 e. The summed E-state index contributed by atoms with van der Waals surface area (Å²) in [7, 11) is 3.25. The summed E-state index contributed by atoms with van der Waals surface area (Å²) >= 11 is 0. The van der Waals surface area contributed by atoms with E-state index in [2.05, 4.69) is 24.3 Å². The van der Waals surface area contributed by atoms with Gasteiger partial charge < -0.3 is 4.43 Å². The Morgan fingerprint density at radius 3 is 2.08 bits per heavy atom. The Morgan fingerprint density at radius 1 is 1.25 bits per heavy atom. The van der Waals surface area contributed by atoms with Crippen molar-refractivity contribution in [1.29, 1.82) is 0 Å². The molecule has 0 N–H and O–H groups in total. The summed E-state index contributed by atoms with van der Waals surface area (Å²) in [5.74, 6) is 0.782. The molecule has 3 radical (unpaired) electrons. The Labute approximate surface area is 79.4 Å². The summed E-state index contributed by atoms with van der Waals surface area (Å²) in [5, 5.41) is 0. The van der Waals surface area contributed by atoms with Crippen molar-refractivity contribution < 1.29 is 4.43 Å². The van der Waals surface area contributed by atoms with Gasteiger partial charge in [0.15, 0.2) is 0 Å². The lowest BCUT2D eigenvalue weighted by atomic mass is 9.82. The van der Waals surface area contributed by atoms with Crippen molar-refractivity contribution >= 4 is 10.5 Å². The Bertz CT molecular complexity index is 118. The SMILES string of the molecule is CCC(CC)(O[Si])C1CCCC1. The monoisotopic (exact) mass is 183 g/mol. The molecule has 69 valence electrons. The topological polar surface area (TPSA) is 9.23 Å². The van der Waals surface area contributed by atoms with E-state index in [0.717, 1.165) is 18.8 Å². The molecule has 1 fully saturated rings. The maximum Gasteiger partial charge on any atom is 0.247 e. The molecule has 0 bridgehead atoms. The van der Waals surface area contributed by atoms with Gasteiger partial charge in [0.25, 0.3) is 0 Å². The van der Waals surface area contributed by atoms with Crippen LogP contribution in [0.4, 0.5) is 0 Å². The van der Waals surface area contributed by atoms with Crippen LogP contribution in [0.3, 0.4) is 0 Å². The first kappa shape index (κ1) is 10.3. The molecule has 0 saturated heterocycles. The average Bonchev–Trinajstić information content (AvgIpc) is 2.62. The van der Waals surface area contributed by atoms with Gasteiger partial charge in [0.05, 0.1) is 5.60 Å². The highest BCUT2D eigenvalue weighted by atomic mass is 28.2. The molecule has 2 heteroatoms. The second kappa shape index (κ2) is 4.42. The first-order valence-electron chi connectivity index (χ1n) is 5.13. The lowest BCUT2D eigenvalue weighted by molar-refractivity contribution is 0.00994. The molecule has 0 atom stereocenters. The maximum atomic E-state index is 5.53. The lowest BCUT2D eigenvalue weighted by Crippen LogP contribution is -2.37. The highest BCUT2D eigenvalue weighted by Gasteiger charge is 2.36. The molecule has 0 aromatic carbocycles. The number of rotatable bonds is 4. The Morgan fingerprint density at radius 2 is 1.75 bits per heavy atom. The van der Waals surface area contributed by atoms with Gasteiger partial charge in [-0.2, -0.15) is 0 Å². The van der Waals surface area contributed by atoms with E-state index in [4.69, 9.17) is 4.43 Å². The van der Waals surface area contributed by atoms with E-state index in [1.807, 2.05) is 0 Å². The third-order valence-corrected chi connectivity index (χ3v) is 3.91. The Hall–Kier alpha value is 0.177. The Balaban J connectivity index is 2.61. The molecular formula is C10H19OSi. The van der Waals surface area contributed by atoms with Gasteiger partial charge in [0, 0.05) is 0 Å². The lowest BCUT2D eigenvalue weighted by Gasteiger charge is -2.36. The number of hydrogen-bond donors (Lipinski definition) is 0. The summed E-state index contributed by atoms with van der Waals surface area (Å²) in [6.07, 6.45) is 7.73. The van der Waals surface area contributed by atoms with E-state index in [1.54, 1.807) is 0 Å². The van der Waals surface area contributed by atoms with Crippen LogP contribution in [0.5, 0.6) is 0 Å². The first-order valence-corrected chi connectivity index (χ1v) is 5.54. The zero-order chi connectivity index (χ0) is 9.03. The van der Waals surface area contributed by atoms with Crippen molar-refractivity contribution in [3.63, 3.8) is 0 Å². The van der Waals surface area contributed by atoms with Crippen molar-refractivity contribution in [3.05, 3.63) is 0 Å². The summed E-state index contributed by atoms with van der Waals surface area (Å²) in [5.41, 5.74) is 0.118. The third kappa shape index (κ3) is 1.74. The molecule has 1 nitrogen and oxygen atoms in total. The predicted molar refractivity (Wildman–Crippen MR) is 52.1 cm³/mol. The van der Waals surface area contributed by atoms with Gasteiger partial charge in [-0.3, -0.25) is 0 Å². The largest absolute Gasteiger partial charge is 0.413 e. The van der Waals surface area contributed by atoms with Crippen LogP contribution < -0.4 is 0 Å². The fourth-order valence-electron chi connectivity index (χ4n) is 2.51. The fraction of sp³-hybridized carbons (Fsp3) is 1.00. The molecule has 0 aliphatic heterocycles. The van der Waals surface area contributed by atoms with E-state index >= 15 is 0 Å². The van der Waals surface area contributed by atoms with Crippen LogP contribution in [0.25, 0.3) is 0 Å². The molecule has 1 saturated carbocycles. The van der Waals surface area contributed by atoms with Crippen LogP contribution in [-0.4, -0.2) is 16.1 Å². The highest BCUT2D eigenvalue weighted by molar-refractivity contribution is 5.98. The van der Waals surface area contributed by atoms with Gasteiger partial charge >= 0.3 is 0 Å². The summed E-state index contributed by atoms with van der Waals surface area (Å²) in [4.78, 5) is 0. The van der Waals surface area contributed by atoms with Crippen molar-refractivity contribution in [3.8, 4) is 0 Å². The summed E-state index contributed by atoms with van der Waals surface area (Å²) in [6.45, 7) is 4.45. The summed E-state index contributed by atoms with van der Waals surface area (Å²) in [6, 6.07) is 0. The van der Waals surface area contributed by atoms with Gasteiger partial charge in [-0.25, -0.2) is 0 Å². The van der Waals surface area contributed by atoms with Crippen LogP contribution in [0.2, 0.25) is 0 Å². The van der Waals surface area contributed by atoms with Gasteiger partial charge in [-0.1, -0.05) is 26.7 Å². The third-order valence-electron chi connectivity index (χ3n) is 3.50. The molecule has 1 aliphatic carbocycles. The summed E-state index contributed by atoms with van der Waals surface area (Å²) < 4.78 is 5.53. The minimum absolute atomic E-state index is 0.118. The molecule has 0 aromatic rings. The minimum atomic E-state index is 0.118. The molecule has 0 spiro atoms. The van der Waals surface area contributed by atoms with Crippen LogP contribution in [0, 0.1) is 5.92 Å². The molecule has 1 rings (SSSR count). The minimum Gasteiger partial charge on any atom is -0.413 e. The quantitative estimate of drug-likeness (QED) is 0.609. The van der Waals surface area contributed by atoms with E-state index in [-0.39, 0.29) is 5.60 Å². The van der Waals surface area contributed by atoms with Crippen molar-refractivity contribution in [1.82, 2.24) is 0 Å². The second-order valence-corrected chi connectivity index (χ2v) is 4.06. The zero-order valence-corrected chi connectivity index (χ0v) is 9.23. The Kier molecular flexibility index (Phi) is 3.78. The molecule has 12 heavy (non-hydrogen) atoms. The van der Waals surface area contributed by atoms with Crippen molar-refractivity contribution in [2.45, 2.75) is 58.0 Å². The van der Waals surface area contributed by atoms with E-state index in [0.29, 0.717) is 0 Å². The number of hydrogen-bond acceptors (Lipinski definition) is 1. The van der Waals surface area contributed by atoms with Gasteiger partial charge in [-0.05, 0) is 31.6 Å². The molecular weight excluding hydrogens is 164 g/mol. The fourth-order valence-corrected chi connectivity index (χ4v) is 2.96. The van der Waals surface area contributed by atoms with Crippen molar-refractivity contribution in [2.75, 3.05) is 0 Å². The van der Waals surface area contributed by atoms with E-state index in [1.165, 1.54) is 25.7 Å². The normalized spacial score (nSPS) is 20.2. The van der Waals surface area contributed by atoms with E-state index < -0.39 is 0 Å². The molecule has 0 amide bonds. The van der Waals surface area contributed by atoms with Crippen LogP contribution in [0.1, 0.15) is 52.4 Å². The van der Waals surface area contributed by atoms with Crippen LogP contribution in [0.15, 0.2) is 0 Å². The zero-order valence-electron chi connectivity index (χ0n) is 8.23. The van der Waals surface area contributed by atoms with Gasteiger partial charge in [0.2, 0.25) is 10.5 Å². The average molecular weight is 183 g/mol. The van der Waals surface area contributed by atoms with E-state index in [9.17, 15) is 0 Å². The van der Waals surface area contributed by atoms with Crippen molar-refractivity contribution in [2.24, 2.45) is 5.92 Å². The second-order valence-electron chi connectivity index (χ2n) is 3.86. The molecule has 0 unspecified atom stereocenters. The highest BCUT2D eigenvalue weighted by Crippen LogP contribution is 2.39. The molecule has 1 aliphatic rings. The van der Waals surface area contributed by atoms with Gasteiger partial charge in [-0.15, -0.1) is 0 Å². The predicted octanol–water partition coefficient (Wildman–Crippen LogP) is 2.84. The first-order chi connectivity index (χ1) is 5.79.